The summed E-state index contributed by atoms with van der Waals surface area (Å²) in [5.74, 6) is 1.55. The molecule has 2 rings (SSSR count). The van der Waals surface area contributed by atoms with E-state index in [0.29, 0.717) is 33.0 Å². The van der Waals surface area contributed by atoms with Crippen LogP contribution in [-0.4, -0.2) is 46.0 Å². The highest BCUT2D eigenvalue weighted by Gasteiger charge is 2.01. The van der Waals surface area contributed by atoms with E-state index in [2.05, 4.69) is 27.8 Å². The third-order valence-corrected chi connectivity index (χ3v) is 3.82. The van der Waals surface area contributed by atoms with Crippen molar-refractivity contribution >= 4 is 35.6 Å². The van der Waals surface area contributed by atoms with Gasteiger partial charge in [0.25, 0.3) is 0 Å². The van der Waals surface area contributed by atoms with E-state index in [1.807, 2.05) is 49.4 Å². The molecule has 0 saturated heterocycles. The van der Waals surface area contributed by atoms with Crippen LogP contribution in [0.4, 0.5) is 5.69 Å². The van der Waals surface area contributed by atoms with Gasteiger partial charge in [-0.2, -0.15) is 0 Å². The lowest BCUT2D eigenvalue weighted by Crippen LogP contribution is -2.31. The van der Waals surface area contributed by atoms with Gasteiger partial charge in [-0.05, 0) is 24.6 Å². The zero-order valence-corrected chi connectivity index (χ0v) is 19.6. The van der Waals surface area contributed by atoms with Gasteiger partial charge in [-0.15, -0.1) is 24.0 Å². The van der Waals surface area contributed by atoms with E-state index < -0.39 is 0 Å². The van der Waals surface area contributed by atoms with Crippen LogP contribution in [0.3, 0.4) is 0 Å². The summed E-state index contributed by atoms with van der Waals surface area (Å²) in [5.41, 5.74) is 2.09. The number of hydrogen-bond acceptors (Lipinski definition) is 4. The topological polar surface area (TPSA) is 64.1 Å². The fourth-order valence-corrected chi connectivity index (χ4v) is 2.49. The van der Waals surface area contributed by atoms with Crippen molar-refractivity contribution in [3.8, 4) is 5.75 Å². The molecule has 6 nitrogen and oxygen atoms in total. The minimum absolute atomic E-state index is 0. The van der Waals surface area contributed by atoms with E-state index in [4.69, 9.17) is 14.2 Å². The number of benzene rings is 2. The van der Waals surface area contributed by atoms with Crippen molar-refractivity contribution in [1.82, 2.24) is 5.32 Å². The van der Waals surface area contributed by atoms with Crippen LogP contribution in [0.5, 0.6) is 5.75 Å². The predicted octanol–water partition coefficient (Wildman–Crippen LogP) is 4.31. The summed E-state index contributed by atoms with van der Waals surface area (Å²) in [6.45, 7) is 5.89. The van der Waals surface area contributed by atoms with Gasteiger partial charge in [0.15, 0.2) is 5.96 Å². The van der Waals surface area contributed by atoms with E-state index in [0.717, 1.165) is 30.4 Å². The molecule has 0 saturated carbocycles. The highest BCUT2D eigenvalue weighted by molar-refractivity contribution is 14.0. The average molecular weight is 513 g/mol. The number of halogens is 1. The number of ether oxygens (including phenoxy) is 3. The molecule has 0 heterocycles. The Bertz CT molecular complexity index is 699. The van der Waals surface area contributed by atoms with Crippen molar-refractivity contribution < 1.29 is 14.2 Å². The summed E-state index contributed by atoms with van der Waals surface area (Å²) in [6.07, 6.45) is 0.862. The Kier molecular flexibility index (Phi) is 13.9. The molecule has 2 aromatic carbocycles. The lowest BCUT2D eigenvalue weighted by atomic mass is 10.2. The summed E-state index contributed by atoms with van der Waals surface area (Å²) in [6, 6.07) is 18.0. The number of nitrogens with zero attached hydrogens (tertiary/aromatic N) is 1. The molecule has 0 bridgehead atoms. The Balaban J connectivity index is 0.00000420. The number of hydrogen-bond donors (Lipinski definition) is 2. The van der Waals surface area contributed by atoms with Gasteiger partial charge in [0.2, 0.25) is 0 Å². The van der Waals surface area contributed by atoms with Crippen LogP contribution in [0.15, 0.2) is 59.6 Å². The average Bonchev–Trinajstić information content (AvgIpc) is 2.72. The Labute approximate surface area is 191 Å². The van der Waals surface area contributed by atoms with E-state index in [1.165, 1.54) is 5.56 Å². The SMILES string of the molecule is CCNC(=NCCOCc1ccccc1)Nc1cccc(OCCCOC)c1.I. The van der Waals surface area contributed by atoms with Gasteiger partial charge in [0.1, 0.15) is 5.75 Å². The molecular formula is C22H32IN3O3. The molecule has 0 aliphatic carbocycles. The standard InChI is InChI=1S/C22H31N3O3.HI/c1-3-23-22(24-13-16-27-18-19-9-5-4-6-10-19)25-20-11-7-12-21(17-20)28-15-8-14-26-2;/h4-7,9-12,17H,3,8,13-16,18H2,1-2H3,(H2,23,24,25);1H. The molecule has 0 aliphatic heterocycles. The molecule has 2 N–H and O–H groups in total. The fraction of sp³-hybridized carbons (Fsp3) is 0.409. The second-order valence-electron chi connectivity index (χ2n) is 6.15. The van der Waals surface area contributed by atoms with Gasteiger partial charge < -0.3 is 24.8 Å². The number of anilines is 1. The van der Waals surface area contributed by atoms with Crippen LogP contribution in [0.25, 0.3) is 0 Å². The van der Waals surface area contributed by atoms with Gasteiger partial charge >= 0.3 is 0 Å². The Morgan fingerprint density at radius 2 is 1.83 bits per heavy atom. The van der Waals surface area contributed by atoms with E-state index in [1.54, 1.807) is 7.11 Å². The molecule has 0 amide bonds. The maximum atomic E-state index is 5.75. The third kappa shape index (κ3) is 11.1. The number of methoxy groups -OCH3 is 1. The molecule has 0 aromatic heterocycles. The van der Waals surface area contributed by atoms with Crippen LogP contribution in [0.2, 0.25) is 0 Å². The van der Waals surface area contributed by atoms with Crippen LogP contribution in [-0.2, 0) is 16.1 Å². The van der Waals surface area contributed by atoms with Crippen molar-refractivity contribution in [3.05, 3.63) is 60.2 Å². The normalized spacial score (nSPS) is 10.9. The molecule has 0 spiro atoms. The van der Waals surface area contributed by atoms with Crippen molar-refractivity contribution in [2.75, 3.05) is 45.3 Å². The number of nitrogens with one attached hydrogen (secondary N) is 2. The Morgan fingerprint density at radius 1 is 1.00 bits per heavy atom. The van der Waals surface area contributed by atoms with E-state index in [-0.39, 0.29) is 24.0 Å². The zero-order chi connectivity index (χ0) is 19.9. The van der Waals surface area contributed by atoms with Gasteiger partial charge in [-0.25, -0.2) is 0 Å². The van der Waals surface area contributed by atoms with E-state index in [9.17, 15) is 0 Å². The van der Waals surface area contributed by atoms with Crippen LogP contribution in [0, 0.1) is 0 Å². The summed E-state index contributed by atoms with van der Waals surface area (Å²) in [7, 11) is 1.69. The first-order valence-corrected chi connectivity index (χ1v) is 9.70. The van der Waals surface area contributed by atoms with Crippen molar-refractivity contribution in [2.45, 2.75) is 20.0 Å². The maximum absolute atomic E-state index is 5.75. The Morgan fingerprint density at radius 3 is 2.59 bits per heavy atom. The minimum atomic E-state index is 0. The summed E-state index contributed by atoms with van der Waals surface area (Å²) < 4.78 is 16.5. The summed E-state index contributed by atoms with van der Waals surface area (Å²) in [5, 5.41) is 6.55. The predicted molar refractivity (Wildman–Crippen MR) is 130 cm³/mol. The highest BCUT2D eigenvalue weighted by Crippen LogP contribution is 2.17. The number of guanidine groups is 1. The molecule has 2 aromatic rings. The summed E-state index contributed by atoms with van der Waals surface area (Å²) >= 11 is 0. The Hall–Kier alpha value is -1.84. The second-order valence-corrected chi connectivity index (χ2v) is 6.15. The lowest BCUT2D eigenvalue weighted by Gasteiger charge is -2.13. The molecule has 0 fully saturated rings. The van der Waals surface area contributed by atoms with Crippen molar-refractivity contribution in [2.24, 2.45) is 4.99 Å². The highest BCUT2D eigenvalue weighted by atomic mass is 127. The monoisotopic (exact) mass is 513 g/mol. The first-order chi connectivity index (χ1) is 13.8. The van der Waals surface area contributed by atoms with E-state index >= 15 is 0 Å². The van der Waals surface area contributed by atoms with Crippen LogP contribution < -0.4 is 15.4 Å². The summed E-state index contributed by atoms with van der Waals surface area (Å²) in [4.78, 5) is 4.57. The quantitative estimate of drug-likeness (QED) is 0.192. The second kappa shape index (κ2) is 16.0. The van der Waals surface area contributed by atoms with Crippen molar-refractivity contribution in [3.63, 3.8) is 0 Å². The van der Waals surface area contributed by atoms with Gasteiger partial charge in [0, 0.05) is 38.4 Å². The molecule has 29 heavy (non-hydrogen) atoms. The molecular weight excluding hydrogens is 481 g/mol. The third-order valence-electron chi connectivity index (χ3n) is 3.82. The van der Waals surface area contributed by atoms with Crippen LogP contribution in [0.1, 0.15) is 18.9 Å². The number of aliphatic imine (C=N–C) groups is 1. The first kappa shape index (κ1) is 25.2. The molecule has 7 heteroatoms. The molecule has 0 atom stereocenters. The molecule has 0 radical (unpaired) electrons. The van der Waals surface area contributed by atoms with Crippen LogP contribution >= 0.6 is 24.0 Å². The maximum Gasteiger partial charge on any atom is 0.195 e. The zero-order valence-electron chi connectivity index (χ0n) is 17.2. The number of rotatable bonds is 12. The molecule has 0 unspecified atom stereocenters. The minimum Gasteiger partial charge on any atom is -0.493 e. The molecule has 160 valence electrons. The van der Waals surface area contributed by atoms with Crippen molar-refractivity contribution in [1.29, 1.82) is 0 Å². The lowest BCUT2D eigenvalue weighted by molar-refractivity contribution is 0.128. The first-order valence-electron chi connectivity index (χ1n) is 9.70. The molecule has 0 aliphatic rings. The smallest absolute Gasteiger partial charge is 0.195 e. The largest absolute Gasteiger partial charge is 0.493 e. The van der Waals surface area contributed by atoms with Gasteiger partial charge in [-0.1, -0.05) is 36.4 Å². The van der Waals surface area contributed by atoms with Gasteiger partial charge in [-0.3, -0.25) is 4.99 Å². The van der Waals surface area contributed by atoms with Gasteiger partial charge in [0.05, 0.1) is 26.4 Å². The fourth-order valence-electron chi connectivity index (χ4n) is 2.49.